The van der Waals surface area contributed by atoms with E-state index in [0.717, 1.165) is 17.2 Å². The Morgan fingerprint density at radius 3 is 2.37 bits per heavy atom. The molecule has 0 amide bonds. The zero-order valence-corrected chi connectivity index (χ0v) is 11.0. The monoisotopic (exact) mass is 253 g/mol. The lowest BCUT2D eigenvalue weighted by atomic mass is 9.84. The van der Waals surface area contributed by atoms with Gasteiger partial charge in [-0.05, 0) is 24.3 Å². The van der Waals surface area contributed by atoms with Crippen molar-refractivity contribution in [3.8, 4) is 11.3 Å². The molecule has 3 nitrogen and oxygen atoms in total. The lowest BCUT2D eigenvalue weighted by Gasteiger charge is -2.22. The van der Waals surface area contributed by atoms with Gasteiger partial charge in [0.1, 0.15) is 12.1 Å². The molecule has 2 aromatic rings. The van der Waals surface area contributed by atoms with Crippen LogP contribution in [0.15, 0.2) is 36.7 Å². The molecular weight excluding hydrogens is 234 g/mol. The highest BCUT2D eigenvalue weighted by molar-refractivity contribution is 5.61. The van der Waals surface area contributed by atoms with Crippen LogP contribution in [-0.2, 0) is 0 Å². The molecule has 0 spiro atoms. The summed E-state index contributed by atoms with van der Waals surface area (Å²) in [5.74, 6) is 1.26. The average Bonchev–Trinajstić information content (AvgIpc) is 2.48. The quantitative estimate of drug-likeness (QED) is 0.886. The van der Waals surface area contributed by atoms with E-state index < -0.39 is 0 Å². The second-order valence-electron chi connectivity index (χ2n) is 5.29. The fraction of sp³-hybridized carbons (Fsp3) is 0.375. The van der Waals surface area contributed by atoms with E-state index >= 15 is 0 Å². The third-order valence-electron chi connectivity index (χ3n) is 3.97. The fourth-order valence-corrected chi connectivity index (χ4v) is 2.89. The average molecular weight is 253 g/mol. The van der Waals surface area contributed by atoms with Crippen molar-refractivity contribution < 1.29 is 0 Å². The smallest absolute Gasteiger partial charge is 0.127 e. The van der Waals surface area contributed by atoms with Gasteiger partial charge in [0.15, 0.2) is 0 Å². The third-order valence-corrected chi connectivity index (χ3v) is 3.97. The molecule has 1 aliphatic rings. The van der Waals surface area contributed by atoms with Gasteiger partial charge in [-0.15, -0.1) is 0 Å². The number of anilines is 1. The van der Waals surface area contributed by atoms with Gasteiger partial charge >= 0.3 is 0 Å². The molecular formula is C16H19N3. The maximum atomic E-state index is 5.69. The Kier molecular flexibility index (Phi) is 3.45. The second kappa shape index (κ2) is 5.39. The van der Waals surface area contributed by atoms with E-state index in [4.69, 9.17) is 5.73 Å². The molecule has 0 aliphatic heterocycles. The van der Waals surface area contributed by atoms with Gasteiger partial charge in [-0.25, -0.2) is 9.97 Å². The maximum absolute atomic E-state index is 5.69. The first-order valence-electron chi connectivity index (χ1n) is 7.01. The molecule has 98 valence electrons. The molecule has 0 bridgehead atoms. The summed E-state index contributed by atoms with van der Waals surface area (Å²) in [6, 6.07) is 10.6. The van der Waals surface area contributed by atoms with Crippen LogP contribution in [0.25, 0.3) is 11.3 Å². The summed E-state index contributed by atoms with van der Waals surface area (Å²) in [5.41, 5.74) is 9.15. The fourth-order valence-electron chi connectivity index (χ4n) is 2.89. The highest BCUT2D eigenvalue weighted by Gasteiger charge is 2.15. The molecule has 2 N–H and O–H groups in total. The molecule has 1 saturated carbocycles. The second-order valence-corrected chi connectivity index (χ2v) is 5.29. The molecule has 1 aromatic carbocycles. The largest absolute Gasteiger partial charge is 0.384 e. The van der Waals surface area contributed by atoms with Crippen molar-refractivity contribution >= 4 is 5.82 Å². The van der Waals surface area contributed by atoms with Gasteiger partial charge in [-0.3, -0.25) is 0 Å². The zero-order chi connectivity index (χ0) is 13.1. The molecule has 0 atom stereocenters. The van der Waals surface area contributed by atoms with Crippen LogP contribution in [0, 0.1) is 0 Å². The van der Waals surface area contributed by atoms with E-state index in [0.29, 0.717) is 5.82 Å². The van der Waals surface area contributed by atoms with Crippen molar-refractivity contribution in [2.24, 2.45) is 0 Å². The number of benzene rings is 1. The number of nitrogens with two attached hydrogens (primary N) is 1. The Hall–Kier alpha value is -1.90. The van der Waals surface area contributed by atoms with Gasteiger partial charge in [0.05, 0.1) is 5.69 Å². The van der Waals surface area contributed by atoms with Crippen molar-refractivity contribution in [2.75, 3.05) is 5.73 Å². The molecule has 0 unspecified atom stereocenters. The molecule has 1 fully saturated rings. The first kappa shape index (κ1) is 12.2. The van der Waals surface area contributed by atoms with E-state index in [9.17, 15) is 0 Å². The molecule has 3 rings (SSSR count). The van der Waals surface area contributed by atoms with E-state index in [1.165, 1.54) is 44.0 Å². The molecule has 3 heteroatoms. The molecule has 1 aromatic heterocycles. The summed E-state index contributed by atoms with van der Waals surface area (Å²) < 4.78 is 0. The first-order valence-corrected chi connectivity index (χ1v) is 7.01. The van der Waals surface area contributed by atoms with Gasteiger partial charge in [-0.2, -0.15) is 0 Å². The van der Waals surface area contributed by atoms with Crippen LogP contribution < -0.4 is 5.73 Å². The van der Waals surface area contributed by atoms with Gasteiger partial charge in [0.2, 0.25) is 0 Å². The minimum Gasteiger partial charge on any atom is -0.384 e. The van der Waals surface area contributed by atoms with Crippen LogP contribution in [0.2, 0.25) is 0 Å². The summed E-state index contributed by atoms with van der Waals surface area (Å²) in [6.07, 6.45) is 8.32. The summed E-state index contributed by atoms with van der Waals surface area (Å²) in [4.78, 5) is 8.18. The van der Waals surface area contributed by atoms with E-state index in [1.807, 2.05) is 6.07 Å². The topological polar surface area (TPSA) is 51.8 Å². The minimum atomic E-state index is 0.515. The summed E-state index contributed by atoms with van der Waals surface area (Å²) in [5, 5.41) is 0. The number of nitrogens with zero attached hydrogens (tertiary/aromatic N) is 2. The van der Waals surface area contributed by atoms with Crippen LogP contribution in [-0.4, -0.2) is 9.97 Å². The molecule has 19 heavy (non-hydrogen) atoms. The highest BCUT2D eigenvalue weighted by atomic mass is 14.9. The van der Waals surface area contributed by atoms with Gasteiger partial charge in [0.25, 0.3) is 0 Å². The van der Waals surface area contributed by atoms with Crippen molar-refractivity contribution in [3.05, 3.63) is 42.2 Å². The number of hydrogen-bond acceptors (Lipinski definition) is 3. The molecule has 0 radical (unpaired) electrons. The van der Waals surface area contributed by atoms with Crippen molar-refractivity contribution in [1.82, 2.24) is 9.97 Å². The highest BCUT2D eigenvalue weighted by Crippen LogP contribution is 2.33. The van der Waals surface area contributed by atoms with Crippen LogP contribution >= 0.6 is 0 Å². The van der Waals surface area contributed by atoms with Crippen molar-refractivity contribution in [2.45, 2.75) is 38.0 Å². The van der Waals surface area contributed by atoms with E-state index in [1.54, 1.807) is 0 Å². The standard InChI is InChI=1S/C16H19N3/c17-16-10-15(18-11-19-16)14-8-6-13(7-9-14)12-4-2-1-3-5-12/h6-12H,1-5H2,(H2,17,18,19). The van der Waals surface area contributed by atoms with Crippen LogP contribution in [0.1, 0.15) is 43.6 Å². The Morgan fingerprint density at radius 2 is 1.68 bits per heavy atom. The number of nitrogen functional groups attached to an aromatic ring is 1. The predicted octanol–water partition coefficient (Wildman–Crippen LogP) is 3.77. The first-order chi connectivity index (χ1) is 9.33. The summed E-state index contributed by atoms with van der Waals surface area (Å²) in [6.45, 7) is 0. The van der Waals surface area contributed by atoms with Gasteiger partial charge in [-0.1, -0.05) is 43.5 Å². The zero-order valence-electron chi connectivity index (χ0n) is 11.0. The molecule has 1 aliphatic carbocycles. The Bertz CT molecular complexity index is 542. The van der Waals surface area contributed by atoms with E-state index in [-0.39, 0.29) is 0 Å². The maximum Gasteiger partial charge on any atom is 0.127 e. The number of aromatic nitrogens is 2. The number of hydrogen-bond donors (Lipinski definition) is 1. The third kappa shape index (κ3) is 2.75. The number of rotatable bonds is 2. The SMILES string of the molecule is Nc1cc(-c2ccc(C3CCCCC3)cc2)ncn1. The van der Waals surface area contributed by atoms with Crippen LogP contribution in [0.4, 0.5) is 5.82 Å². The lowest BCUT2D eigenvalue weighted by Crippen LogP contribution is -2.04. The van der Waals surface area contributed by atoms with Crippen LogP contribution in [0.3, 0.4) is 0 Å². The minimum absolute atomic E-state index is 0.515. The van der Waals surface area contributed by atoms with Gasteiger partial charge in [0, 0.05) is 11.6 Å². The molecule has 0 saturated heterocycles. The Labute approximate surface area is 113 Å². The Morgan fingerprint density at radius 1 is 0.947 bits per heavy atom. The van der Waals surface area contributed by atoms with Gasteiger partial charge < -0.3 is 5.73 Å². The van der Waals surface area contributed by atoms with E-state index in [2.05, 4.69) is 34.2 Å². The van der Waals surface area contributed by atoms with Crippen LogP contribution in [0.5, 0.6) is 0 Å². The normalized spacial score (nSPS) is 16.4. The summed E-state index contributed by atoms with van der Waals surface area (Å²) in [7, 11) is 0. The Balaban J connectivity index is 1.82. The van der Waals surface area contributed by atoms with Crippen molar-refractivity contribution in [1.29, 1.82) is 0 Å². The predicted molar refractivity (Wildman–Crippen MR) is 77.7 cm³/mol. The van der Waals surface area contributed by atoms with Crippen molar-refractivity contribution in [3.63, 3.8) is 0 Å². The lowest BCUT2D eigenvalue weighted by molar-refractivity contribution is 0.443. The molecule has 1 heterocycles. The summed E-state index contributed by atoms with van der Waals surface area (Å²) >= 11 is 0.